The van der Waals surface area contributed by atoms with E-state index in [1.165, 1.54) is 12.5 Å². The molecule has 2 N–H and O–H groups in total. The Kier molecular flexibility index (Phi) is 9.07. The van der Waals surface area contributed by atoms with Crippen LogP contribution < -0.4 is 10.6 Å². The normalized spacial score (nSPS) is 10.1. The number of nitrogens with one attached hydrogen (secondary N) is 2. The van der Waals surface area contributed by atoms with Crippen molar-refractivity contribution in [1.82, 2.24) is 5.32 Å². The van der Waals surface area contributed by atoms with Gasteiger partial charge in [0.1, 0.15) is 0 Å². The van der Waals surface area contributed by atoms with Gasteiger partial charge in [0, 0.05) is 25.0 Å². The highest BCUT2D eigenvalue weighted by atomic mass is 35.5. The zero-order valence-electron chi connectivity index (χ0n) is 12.9. The first kappa shape index (κ1) is 18.3. The summed E-state index contributed by atoms with van der Waals surface area (Å²) in [7, 11) is 0. The Hall–Kier alpha value is -1.75. The summed E-state index contributed by atoms with van der Waals surface area (Å²) in [5.41, 5.74) is 1.94. The number of esters is 1. The zero-order valence-corrected chi connectivity index (χ0v) is 13.6. The lowest BCUT2D eigenvalue weighted by atomic mass is 10.1. The number of alkyl halides is 1. The molecule has 0 saturated carbocycles. The summed E-state index contributed by atoms with van der Waals surface area (Å²) in [6, 6.07) is 7.52. The van der Waals surface area contributed by atoms with E-state index in [0.29, 0.717) is 19.0 Å². The highest BCUT2D eigenvalue weighted by Crippen LogP contribution is 2.13. The van der Waals surface area contributed by atoms with Crippen LogP contribution in [0.15, 0.2) is 24.3 Å². The summed E-state index contributed by atoms with van der Waals surface area (Å²) < 4.78 is 4.89. The minimum atomic E-state index is -0.251. The Bertz CT molecular complexity index is 480. The van der Waals surface area contributed by atoms with E-state index >= 15 is 0 Å². The SMILES string of the molecule is CC(=O)OCCCCCc1cccc(NC(=O)NCCCl)c1. The Balaban J connectivity index is 2.28. The third kappa shape index (κ3) is 8.52. The summed E-state index contributed by atoms with van der Waals surface area (Å²) in [5, 5.41) is 5.43. The molecule has 0 unspecified atom stereocenters. The fourth-order valence-corrected chi connectivity index (χ4v) is 2.06. The van der Waals surface area contributed by atoms with Gasteiger partial charge in [-0.1, -0.05) is 12.1 Å². The molecule has 0 spiro atoms. The Morgan fingerprint density at radius 1 is 1.23 bits per heavy atom. The number of amides is 2. The van der Waals surface area contributed by atoms with Gasteiger partial charge in [-0.15, -0.1) is 11.6 Å². The van der Waals surface area contributed by atoms with E-state index in [4.69, 9.17) is 16.3 Å². The second kappa shape index (κ2) is 10.9. The molecule has 0 atom stereocenters. The summed E-state index contributed by atoms with van der Waals surface area (Å²) in [6.07, 6.45) is 3.82. The van der Waals surface area contributed by atoms with Gasteiger partial charge in [-0.25, -0.2) is 4.79 Å². The van der Waals surface area contributed by atoms with Gasteiger partial charge in [0.05, 0.1) is 6.61 Å². The summed E-state index contributed by atoms with van der Waals surface area (Å²) >= 11 is 5.51. The molecule has 6 heteroatoms. The molecule has 22 heavy (non-hydrogen) atoms. The third-order valence-electron chi connectivity index (χ3n) is 2.98. The van der Waals surface area contributed by atoms with E-state index in [0.717, 1.165) is 31.4 Å². The molecule has 1 rings (SSSR count). The Labute approximate surface area is 136 Å². The topological polar surface area (TPSA) is 67.4 Å². The lowest BCUT2D eigenvalue weighted by Crippen LogP contribution is -2.30. The van der Waals surface area contributed by atoms with Crippen LogP contribution in [0.5, 0.6) is 0 Å². The first-order valence-corrected chi connectivity index (χ1v) is 7.98. The largest absolute Gasteiger partial charge is 0.466 e. The number of carbonyl (C=O) groups excluding carboxylic acids is 2. The molecule has 1 aromatic carbocycles. The molecule has 0 aliphatic carbocycles. The molecule has 5 nitrogen and oxygen atoms in total. The number of urea groups is 1. The van der Waals surface area contributed by atoms with E-state index in [2.05, 4.69) is 10.6 Å². The monoisotopic (exact) mass is 326 g/mol. The molecule has 0 radical (unpaired) electrons. The number of halogens is 1. The lowest BCUT2D eigenvalue weighted by Gasteiger charge is -2.08. The maximum atomic E-state index is 11.5. The molecule has 0 aliphatic rings. The van der Waals surface area contributed by atoms with E-state index in [9.17, 15) is 9.59 Å². The van der Waals surface area contributed by atoms with Crippen LogP contribution in [0.1, 0.15) is 31.7 Å². The highest BCUT2D eigenvalue weighted by molar-refractivity contribution is 6.18. The van der Waals surface area contributed by atoms with Crippen LogP contribution in [-0.4, -0.2) is 31.0 Å². The number of carbonyl (C=O) groups is 2. The molecule has 0 aromatic heterocycles. The lowest BCUT2D eigenvalue weighted by molar-refractivity contribution is -0.141. The zero-order chi connectivity index (χ0) is 16.2. The third-order valence-corrected chi connectivity index (χ3v) is 3.17. The smallest absolute Gasteiger partial charge is 0.319 e. The number of anilines is 1. The molecule has 0 bridgehead atoms. The first-order valence-electron chi connectivity index (χ1n) is 7.45. The summed E-state index contributed by atoms with van der Waals surface area (Å²) in [4.78, 5) is 22.2. The van der Waals surface area contributed by atoms with Crippen LogP contribution in [0.25, 0.3) is 0 Å². The highest BCUT2D eigenvalue weighted by Gasteiger charge is 2.02. The number of hydrogen-bond acceptors (Lipinski definition) is 3. The standard InChI is InChI=1S/C16H23ClN2O3/c1-13(20)22-11-4-2-3-6-14-7-5-8-15(12-14)19-16(21)18-10-9-17/h5,7-8,12H,2-4,6,9-11H2,1H3,(H2,18,19,21). The molecule has 122 valence electrons. The van der Waals surface area contributed by atoms with Crippen LogP contribution >= 0.6 is 11.6 Å². The number of aryl methyl sites for hydroxylation is 1. The van der Waals surface area contributed by atoms with Gasteiger partial charge >= 0.3 is 12.0 Å². The van der Waals surface area contributed by atoms with Crippen molar-refractivity contribution in [2.75, 3.05) is 24.3 Å². The number of hydrogen-bond donors (Lipinski definition) is 2. The number of benzene rings is 1. The van der Waals surface area contributed by atoms with E-state index in [-0.39, 0.29) is 12.0 Å². The van der Waals surface area contributed by atoms with Crippen molar-refractivity contribution in [3.05, 3.63) is 29.8 Å². The Morgan fingerprint density at radius 2 is 2.05 bits per heavy atom. The summed E-state index contributed by atoms with van der Waals surface area (Å²) in [6.45, 7) is 2.34. The van der Waals surface area contributed by atoms with Crippen molar-refractivity contribution < 1.29 is 14.3 Å². The molecule has 0 heterocycles. The van der Waals surface area contributed by atoms with E-state index in [1.54, 1.807) is 0 Å². The maximum absolute atomic E-state index is 11.5. The van der Waals surface area contributed by atoms with Crippen molar-refractivity contribution in [3.8, 4) is 0 Å². The molecule has 0 saturated heterocycles. The average molecular weight is 327 g/mol. The summed E-state index contributed by atoms with van der Waals surface area (Å²) in [5.74, 6) is 0.159. The van der Waals surface area contributed by atoms with Gasteiger partial charge in [0.2, 0.25) is 0 Å². The van der Waals surface area contributed by atoms with Crippen LogP contribution in [0, 0.1) is 0 Å². The first-order chi connectivity index (χ1) is 10.6. The molecule has 0 fully saturated rings. The van der Waals surface area contributed by atoms with Gasteiger partial charge in [-0.2, -0.15) is 0 Å². The van der Waals surface area contributed by atoms with E-state index in [1.807, 2.05) is 24.3 Å². The average Bonchev–Trinajstić information content (AvgIpc) is 2.49. The van der Waals surface area contributed by atoms with Crippen LogP contribution in [-0.2, 0) is 16.0 Å². The van der Waals surface area contributed by atoms with Crippen LogP contribution in [0.3, 0.4) is 0 Å². The molecule has 2 amide bonds. The van der Waals surface area contributed by atoms with Crippen molar-refractivity contribution in [2.45, 2.75) is 32.6 Å². The van der Waals surface area contributed by atoms with Gasteiger partial charge in [-0.3, -0.25) is 4.79 Å². The second-order valence-corrected chi connectivity index (χ2v) is 5.30. The van der Waals surface area contributed by atoms with Gasteiger partial charge in [0.25, 0.3) is 0 Å². The molecule has 1 aromatic rings. The maximum Gasteiger partial charge on any atom is 0.319 e. The second-order valence-electron chi connectivity index (χ2n) is 4.92. The number of rotatable bonds is 9. The van der Waals surface area contributed by atoms with Gasteiger partial charge < -0.3 is 15.4 Å². The van der Waals surface area contributed by atoms with Crippen molar-refractivity contribution in [2.24, 2.45) is 0 Å². The molecule has 0 aliphatic heterocycles. The van der Waals surface area contributed by atoms with E-state index < -0.39 is 0 Å². The minimum absolute atomic E-state index is 0.230. The fraction of sp³-hybridized carbons (Fsp3) is 0.500. The minimum Gasteiger partial charge on any atom is -0.466 e. The predicted octanol–water partition coefficient (Wildman–Crippen LogP) is 3.32. The number of ether oxygens (including phenoxy) is 1. The Morgan fingerprint density at radius 3 is 2.77 bits per heavy atom. The molecular weight excluding hydrogens is 304 g/mol. The van der Waals surface area contributed by atoms with Crippen molar-refractivity contribution in [3.63, 3.8) is 0 Å². The molecular formula is C16H23ClN2O3. The predicted molar refractivity (Wildman–Crippen MR) is 88.4 cm³/mol. The van der Waals surface area contributed by atoms with Gasteiger partial charge in [-0.05, 0) is 43.4 Å². The van der Waals surface area contributed by atoms with Gasteiger partial charge in [0.15, 0.2) is 0 Å². The quantitative estimate of drug-likeness (QED) is 0.415. The van der Waals surface area contributed by atoms with Crippen LogP contribution in [0.4, 0.5) is 10.5 Å². The van der Waals surface area contributed by atoms with Crippen molar-refractivity contribution in [1.29, 1.82) is 0 Å². The number of unbranched alkanes of at least 4 members (excludes halogenated alkanes) is 2. The van der Waals surface area contributed by atoms with Crippen molar-refractivity contribution >= 4 is 29.3 Å². The fourth-order valence-electron chi connectivity index (χ4n) is 1.96. The van der Waals surface area contributed by atoms with Crippen LogP contribution in [0.2, 0.25) is 0 Å².